The number of hydrogen-bond donors (Lipinski definition) is 0. The summed E-state index contributed by atoms with van der Waals surface area (Å²) < 4.78 is 20.4. The second kappa shape index (κ2) is 7.04. The molecule has 0 saturated carbocycles. The number of rotatable bonds is 3. The quantitative estimate of drug-likeness (QED) is 0.495. The minimum Gasteiger partial charge on any atom is -0.459 e. The van der Waals surface area contributed by atoms with E-state index in [-0.39, 0.29) is 17.9 Å². The van der Waals surface area contributed by atoms with E-state index in [1.54, 1.807) is 24.0 Å². The van der Waals surface area contributed by atoms with E-state index in [9.17, 15) is 4.39 Å². The van der Waals surface area contributed by atoms with Gasteiger partial charge in [-0.15, -0.1) is 0 Å². The Morgan fingerprint density at radius 2 is 2.11 bits per heavy atom. The predicted octanol–water partition coefficient (Wildman–Crippen LogP) is 5.83. The summed E-state index contributed by atoms with van der Waals surface area (Å²) in [7, 11) is 0. The zero-order valence-corrected chi connectivity index (χ0v) is 17.5. The molecule has 3 atom stereocenters. The molecule has 28 heavy (non-hydrogen) atoms. The molecule has 2 aliphatic heterocycles. The van der Waals surface area contributed by atoms with Crippen molar-refractivity contribution < 1.29 is 8.81 Å². The SMILES string of the molecule is C[C@@H]1CN2C(=N[C@@H](c3ccccn3)[C@@H]2c2ccc(-c3ccc(F)cc3Br)o2)S1. The minimum atomic E-state index is -0.283. The van der Waals surface area contributed by atoms with Crippen LogP contribution in [-0.4, -0.2) is 26.8 Å². The topological polar surface area (TPSA) is 41.6 Å². The number of fused-ring (bicyclic) bond motifs is 1. The normalized spacial score (nSPS) is 23.8. The van der Waals surface area contributed by atoms with Crippen molar-refractivity contribution in [2.24, 2.45) is 4.99 Å². The molecule has 4 nitrogen and oxygen atoms in total. The zero-order valence-electron chi connectivity index (χ0n) is 15.0. The molecule has 0 unspecified atom stereocenters. The lowest BCUT2D eigenvalue weighted by Gasteiger charge is -2.25. The lowest BCUT2D eigenvalue weighted by molar-refractivity contribution is 0.277. The number of nitrogens with zero attached hydrogens (tertiary/aromatic N) is 3. The Bertz CT molecular complexity index is 1050. The maximum atomic E-state index is 13.4. The van der Waals surface area contributed by atoms with Crippen molar-refractivity contribution in [2.45, 2.75) is 24.3 Å². The fourth-order valence-electron chi connectivity index (χ4n) is 3.77. The van der Waals surface area contributed by atoms with Gasteiger partial charge in [0.15, 0.2) is 5.17 Å². The average molecular weight is 458 g/mol. The number of thioether (sulfide) groups is 1. The molecule has 3 aromatic rings. The maximum Gasteiger partial charge on any atom is 0.161 e. The molecule has 0 spiro atoms. The highest BCUT2D eigenvalue weighted by atomic mass is 79.9. The van der Waals surface area contributed by atoms with Crippen molar-refractivity contribution in [1.82, 2.24) is 9.88 Å². The number of benzene rings is 1. The zero-order chi connectivity index (χ0) is 19.3. The van der Waals surface area contributed by atoms with Gasteiger partial charge in [-0.05, 0) is 58.4 Å². The summed E-state index contributed by atoms with van der Waals surface area (Å²) in [6.45, 7) is 3.13. The lowest BCUT2D eigenvalue weighted by atomic mass is 10.0. The van der Waals surface area contributed by atoms with Crippen LogP contribution in [0.1, 0.15) is 30.5 Å². The predicted molar refractivity (Wildman–Crippen MR) is 113 cm³/mol. The smallest absolute Gasteiger partial charge is 0.161 e. The van der Waals surface area contributed by atoms with Gasteiger partial charge < -0.3 is 9.32 Å². The van der Waals surface area contributed by atoms with Gasteiger partial charge in [-0.1, -0.05) is 24.8 Å². The Balaban J connectivity index is 1.54. The minimum absolute atomic E-state index is 0.0321. The molecule has 0 radical (unpaired) electrons. The monoisotopic (exact) mass is 457 g/mol. The summed E-state index contributed by atoms with van der Waals surface area (Å²) in [5.41, 5.74) is 1.76. The van der Waals surface area contributed by atoms with E-state index in [0.29, 0.717) is 15.5 Å². The molecule has 7 heteroatoms. The fourth-order valence-corrected chi connectivity index (χ4v) is 5.41. The van der Waals surface area contributed by atoms with Crippen molar-refractivity contribution in [1.29, 1.82) is 0 Å². The van der Waals surface area contributed by atoms with E-state index in [1.165, 1.54) is 12.1 Å². The van der Waals surface area contributed by atoms with Gasteiger partial charge in [-0.25, -0.2) is 9.38 Å². The Labute approximate surface area is 175 Å². The first-order chi connectivity index (χ1) is 13.6. The van der Waals surface area contributed by atoms with Crippen LogP contribution in [0.5, 0.6) is 0 Å². The Kier molecular flexibility index (Phi) is 4.51. The largest absolute Gasteiger partial charge is 0.459 e. The third-order valence-electron chi connectivity index (χ3n) is 5.00. The van der Waals surface area contributed by atoms with Crippen molar-refractivity contribution in [2.75, 3.05) is 6.54 Å². The molecule has 0 amide bonds. The van der Waals surface area contributed by atoms with Gasteiger partial charge in [0.25, 0.3) is 0 Å². The Morgan fingerprint density at radius 3 is 2.89 bits per heavy atom. The molecule has 5 rings (SSSR count). The van der Waals surface area contributed by atoms with Crippen LogP contribution < -0.4 is 0 Å². The van der Waals surface area contributed by atoms with Crippen molar-refractivity contribution in [3.05, 3.63) is 76.5 Å². The van der Waals surface area contributed by atoms with Crippen LogP contribution in [0.2, 0.25) is 0 Å². The number of pyridine rings is 1. The molecule has 0 bridgehead atoms. The van der Waals surface area contributed by atoms with Crippen LogP contribution in [-0.2, 0) is 0 Å². The lowest BCUT2D eigenvalue weighted by Crippen LogP contribution is -2.28. The summed E-state index contributed by atoms with van der Waals surface area (Å²) in [5, 5.41) is 1.54. The van der Waals surface area contributed by atoms with Gasteiger partial charge in [0.2, 0.25) is 0 Å². The number of halogens is 2. The highest BCUT2D eigenvalue weighted by Gasteiger charge is 2.45. The van der Waals surface area contributed by atoms with Crippen molar-refractivity contribution in [3.63, 3.8) is 0 Å². The third-order valence-corrected chi connectivity index (χ3v) is 6.75. The van der Waals surface area contributed by atoms with Gasteiger partial charge in [0, 0.05) is 28.0 Å². The van der Waals surface area contributed by atoms with Crippen LogP contribution >= 0.6 is 27.7 Å². The summed E-state index contributed by atoms with van der Waals surface area (Å²) in [5.74, 6) is 1.26. The average Bonchev–Trinajstić information content (AvgIpc) is 3.36. The second-order valence-electron chi connectivity index (χ2n) is 6.96. The molecule has 2 aromatic heterocycles. The molecule has 4 heterocycles. The van der Waals surface area contributed by atoms with Crippen LogP contribution in [0.4, 0.5) is 4.39 Å². The molecule has 142 valence electrons. The maximum absolute atomic E-state index is 13.4. The van der Waals surface area contributed by atoms with E-state index in [4.69, 9.17) is 9.41 Å². The van der Waals surface area contributed by atoms with E-state index >= 15 is 0 Å². The number of amidine groups is 1. The van der Waals surface area contributed by atoms with E-state index in [2.05, 4.69) is 32.7 Å². The summed E-state index contributed by atoms with van der Waals surface area (Å²) >= 11 is 5.23. The van der Waals surface area contributed by atoms with Crippen molar-refractivity contribution >= 4 is 32.9 Å². The Hall–Kier alpha value is -2.12. The van der Waals surface area contributed by atoms with Gasteiger partial charge >= 0.3 is 0 Å². The van der Waals surface area contributed by atoms with E-state index in [1.807, 2.05) is 30.3 Å². The van der Waals surface area contributed by atoms with Crippen LogP contribution in [0.15, 0.2) is 68.6 Å². The number of hydrogen-bond acceptors (Lipinski definition) is 5. The molecule has 2 aliphatic rings. The van der Waals surface area contributed by atoms with Gasteiger partial charge in [-0.2, -0.15) is 0 Å². The number of aliphatic imine (C=N–C) groups is 1. The van der Waals surface area contributed by atoms with Gasteiger partial charge in [0.05, 0.1) is 5.69 Å². The fraction of sp³-hybridized carbons (Fsp3) is 0.238. The van der Waals surface area contributed by atoms with Crippen LogP contribution in [0.25, 0.3) is 11.3 Å². The number of aromatic nitrogens is 1. The molecule has 1 saturated heterocycles. The third kappa shape index (κ3) is 3.06. The Morgan fingerprint density at radius 1 is 1.21 bits per heavy atom. The molecular formula is C21H17BrFN3OS. The first-order valence-corrected chi connectivity index (χ1v) is 10.7. The molecular weight excluding hydrogens is 441 g/mol. The highest BCUT2D eigenvalue weighted by Crippen LogP contribution is 2.48. The molecule has 0 N–H and O–H groups in total. The summed E-state index contributed by atoms with van der Waals surface area (Å²) in [6.07, 6.45) is 1.80. The molecule has 1 aromatic carbocycles. The van der Waals surface area contributed by atoms with Gasteiger partial charge in [-0.3, -0.25) is 4.98 Å². The first kappa shape index (κ1) is 17.9. The molecule has 0 aliphatic carbocycles. The van der Waals surface area contributed by atoms with E-state index < -0.39 is 0 Å². The van der Waals surface area contributed by atoms with E-state index in [0.717, 1.165) is 28.7 Å². The number of furan rings is 1. The van der Waals surface area contributed by atoms with Crippen molar-refractivity contribution in [3.8, 4) is 11.3 Å². The van der Waals surface area contributed by atoms with Crippen LogP contribution in [0.3, 0.4) is 0 Å². The standard InChI is InChI=1S/C21H17BrFN3OS/c1-12-11-26-20(19(25-21(26)28-12)16-4-2-3-9-24-16)18-8-7-17(27-18)14-6-5-13(23)10-15(14)22/h2-10,12,19-20H,11H2,1H3/t12-,19+,20+/m1/s1. The van der Waals surface area contributed by atoms with Crippen LogP contribution in [0, 0.1) is 5.82 Å². The second-order valence-corrected chi connectivity index (χ2v) is 9.22. The highest BCUT2D eigenvalue weighted by molar-refractivity contribution is 9.10. The first-order valence-electron chi connectivity index (χ1n) is 9.07. The summed E-state index contributed by atoms with van der Waals surface area (Å²) in [6, 6.07) is 14.3. The molecule has 1 fully saturated rings. The summed E-state index contributed by atoms with van der Waals surface area (Å²) in [4.78, 5) is 11.8. The van der Waals surface area contributed by atoms with Gasteiger partial charge in [0.1, 0.15) is 29.4 Å².